The van der Waals surface area contributed by atoms with E-state index in [4.69, 9.17) is 0 Å². The highest BCUT2D eigenvalue weighted by Gasteiger charge is 2.30. The van der Waals surface area contributed by atoms with Crippen molar-refractivity contribution in [2.75, 3.05) is 18.4 Å². The first-order chi connectivity index (χ1) is 23.6. The number of aliphatic hydroxyl groups is 1. The number of aryl methyl sites for hydroxylation is 1. The Morgan fingerprint density at radius 1 is 0.980 bits per heavy atom. The van der Waals surface area contributed by atoms with Crippen molar-refractivity contribution < 1.29 is 37.0 Å². The molecule has 0 atom stereocenters. The number of carbonyl (C=O) groups is 2. The molecule has 0 aliphatic carbocycles. The molecule has 258 valence electrons. The molecule has 0 bridgehead atoms. The van der Waals surface area contributed by atoms with E-state index in [1.54, 1.807) is 31.2 Å². The van der Waals surface area contributed by atoms with Gasteiger partial charge in [0.1, 0.15) is 18.0 Å². The van der Waals surface area contributed by atoms with Gasteiger partial charge in [0.2, 0.25) is 0 Å². The number of hydrogen-bond acceptors (Lipinski definition) is 7. The number of halogens is 2. The molecule has 2 aromatic heterocycles. The number of nitrogens with one attached hydrogen (secondary N) is 1. The molecule has 5 aromatic rings. The van der Waals surface area contributed by atoms with Gasteiger partial charge in [-0.25, -0.2) is 35.9 Å². The largest absolute Gasteiger partial charge is 0.465 e. The lowest BCUT2D eigenvalue weighted by Crippen LogP contribution is -2.33. The van der Waals surface area contributed by atoms with E-state index in [2.05, 4.69) is 15.3 Å². The molecule has 2 amide bonds. The maximum Gasteiger partial charge on any atom is 0.407 e. The Balaban J connectivity index is 1.49. The third-order valence-electron chi connectivity index (χ3n) is 8.72. The van der Waals surface area contributed by atoms with Crippen LogP contribution in [0.15, 0.2) is 78.0 Å². The van der Waals surface area contributed by atoms with Crippen LogP contribution in [0.25, 0.3) is 27.9 Å². The van der Waals surface area contributed by atoms with Gasteiger partial charge in [-0.1, -0.05) is 29.8 Å². The molecular formula is C36H33F2N5O6S. The van der Waals surface area contributed by atoms with E-state index in [1.165, 1.54) is 49.1 Å². The van der Waals surface area contributed by atoms with Gasteiger partial charge < -0.3 is 20.4 Å². The summed E-state index contributed by atoms with van der Waals surface area (Å²) in [4.78, 5) is 34.7. The summed E-state index contributed by atoms with van der Waals surface area (Å²) in [5.41, 5.74) is 1.07. The van der Waals surface area contributed by atoms with Crippen molar-refractivity contribution in [1.29, 1.82) is 0 Å². The van der Waals surface area contributed by atoms with Crippen molar-refractivity contribution in [3.8, 4) is 11.3 Å². The Morgan fingerprint density at radius 2 is 1.70 bits per heavy atom. The van der Waals surface area contributed by atoms with E-state index in [0.717, 1.165) is 28.0 Å². The van der Waals surface area contributed by atoms with E-state index in [1.807, 2.05) is 6.92 Å². The van der Waals surface area contributed by atoms with E-state index < -0.39 is 39.3 Å². The van der Waals surface area contributed by atoms with E-state index in [-0.39, 0.29) is 69.2 Å². The first-order valence-electron chi connectivity index (χ1n) is 15.6. The topological polar surface area (TPSA) is 155 Å². The zero-order chi connectivity index (χ0) is 36.1. The average molecular weight is 702 g/mol. The quantitative estimate of drug-likeness (QED) is 0.174. The Labute approximate surface area is 286 Å². The van der Waals surface area contributed by atoms with Crippen LogP contribution in [-0.2, 0) is 15.6 Å². The summed E-state index contributed by atoms with van der Waals surface area (Å²) < 4.78 is 59.9. The molecule has 11 nitrogen and oxygen atoms in total. The summed E-state index contributed by atoms with van der Waals surface area (Å²) in [6, 6.07) is 13.9. The van der Waals surface area contributed by atoms with Crippen LogP contribution in [0.5, 0.6) is 0 Å². The molecule has 3 N–H and O–H groups in total. The van der Waals surface area contributed by atoms with E-state index in [9.17, 15) is 32.6 Å². The fourth-order valence-electron chi connectivity index (χ4n) is 5.89. The molecule has 1 aliphatic rings. The van der Waals surface area contributed by atoms with Gasteiger partial charge in [0.15, 0.2) is 5.65 Å². The average Bonchev–Trinajstić information content (AvgIpc) is 3.47. The number of anilines is 1. The molecule has 0 unspecified atom stereocenters. The van der Waals surface area contributed by atoms with Crippen molar-refractivity contribution >= 4 is 44.3 Å². The number of nitrogens with zero attached hydrogens (tertiary/aromatic N) is 4. The maximum absolute atomic E-state index is 15.3. The smallest absolute Gasteiger partial charge is 0.407 e. The van der Waals surface area contributed by atoms with Crippen LogP contribution in [0, 0.1) is 25.5 Å². The number of amides is 2. The molecule has 3 aromatic carbocycles. The Kier molecular flexibility index (Phi) is 8.78. The molecule has 0 saturated heterocycles. The fourth-order valence-corrected chi connectivity index (χ4v) is 7.38. The van der Waals surface area contributed by atoms with Gasteiger partial charge in [0, 0.05) is 29.7 Å². The fraction of sp³-hybridized carbons (Fsp3) is 0.222. The van der Waals surface area contributed by atoms with Gasteiger partial charge in [0.25, 0.3) is 15.9 Å². The Morgan fingerprint density at radius 3 is 2.32 bits per heavy atom. The minimum absolute atomic E-state index is 0.000311. The van der Waals surface area contributed by atoms with Crippen LogP contribution >= 0.6 is 0 Å². The predicted molar refractivity (Wildman–Crippen MR) is 183 cm³/mol. The lowest BCUT2D eigenvalue weighted by molar-refractivity contribution is 0.0780. The van der Waals surface area contributed by atoms with Gasteiger partial charge in [-0.3, -0.25) is 4.79 Å². The molecule has 0 fully saturated rings. The molecule has 0 radical (unpaired) electrons. The van der Waals surface area contributed by atoms with Crippen LogP contribution in [0.1, 0.15) is 53.0 Å². The molecule has 0 spiro atoms. The number of hydrogen-bond donors (Lipinski definition) is 3. The molecule has 1 aliphatic heterocycles. The number of carbonyl (C=O) groups excluding carboxylic acids is 1. The number of benzene rings is 3. The summed E-state index contributed by atoms with van der Waals surface area (Å²) in [7, 11) is -4.26. The summed E-state index contributed by atoms with van der Waals surface area (Å²) in [6.45, 7) is 6.59. The minimum atomic E-state index is -4.26. The Hall–Kier alpha value is -5.47. The molecule has 6 rings (SSSR count). The lowest BCUT2D eigenvalue weighted by atomic mass is 9.96. The van der Waals surface area contributed by atoms with Crippen molar-refractivity contribution in [2.24, 2.45) is 0 Å². The summed E-state index contributed by atoms with van der Waals surface area (Å²) in [5.74, 6) is -2.48. The molecule has 0 saturated carbocycles. The number of aromatic nitrogens is 3. The third-order valence-corrected chi connectivity index (χ3v) is 10.4. The van der Waals surface area contributed by atoms with Crippen LogP contribution in [-0.4, -0.2) is 62.6 Å². The van der Waals surface area contributed by atoms with Crippen LogP contribution in [0.3, 0.4) is 0 Å². The highest BCUT2D eigenvalue weighted by molar-refractivity contribution is 7.90. The normalized spacial score (nSPS) is 13.7. The zero-order valence-corrected chi connectivity index (χ0v) is 28.3. The Bertz CT molecular complexity index is 2330. The monoisotopic (exact) mass is 701 g/mol. The first-order valence-corrected chi connectivity index (χ1v) is 17.0. The maximum atomic E-state index is 15.3. The van der Waals surface area contributed by atoms with Gasteiger partial charge in [-0.15, -0.1) is 0 Å². The first kappa shape index (κ1) is 34.4. The van der Waals surface area contributed by atoms with Crippen molar-refractivity contribution in [3.05, 3.63) is 113 Å². The van der Waals surface area contributed by atoms with Crippen LogP contribution < -0.4 is 5.32 Å². The summed E-state index contributed by atoms with van der Waals surface area (Å²) in [6.07, 6.45) is 1.93. The van der Waals surface area contributed by atoms with Crippen molar-refractivity contribution in [2.45, 2.75) is 44.6 Å². The van der Waals surface area contributed by atoms with Gasteiger partial charge in [-0.05, 0) is 93.3 Å². The highest BCUT2D eigenvalue weighted by Crippen LogP contribution is 2.38. The number of fused-ring (bicyclic) bond motifs is 1. The molecule has 50 heavy (non-hydrogen) atoms. The van der Waals surface area contributed by atoms with Crippen LogP contribution in [0.4, 0.5) is 19.3 Å². The number of rotatable bonds is 7. The van der Waals surface area contributed by atoms with Gasteiger partial charge >= 0.3 is 6.09 Å². The third kappa shape index (κ3) is 6.34. The minimum Gasteiger partial charge on any atom is -0.465 e. The molecular weight excluding hydrogens is 668 g/mol. The second-order valence-electron chi connectivity index (χ2n) is 12.6. The van der Waals surface area contributed by atoms with Crippen LogP contribution in [0.2, 0.25) is 0 Å². The lowest BCUT2D eigenvalue weighted by Gasteiger charge is -2.24. The number of carboxylic acid groups (broad SMARTS) is 1. The summed E-state index contributed by atoms with van der Waals surface area (Å²) in [5, 5.41) is 22.5. The van der Waals surface area contributed by atoms with E-state index >= 15 is 4.39 Å². The summed E-state index contributed by atoms with van der Waals surface area (Å²) >= 11 is 0. The molecule has 3 heterocycles. The highest BCUT2D eigenvalue weighted by atomic mass is 32.2. The van der Waals surface area contributed by atoms with Gasteiger partial charge in [0.05, 0.1) is 27.4 Å². The predicted octanol–water partition coefficient (Wildman–Crippen LogP) is 6.48. The second kappa shape index (κ2) is 12.8. The SMILES string of the molecule is Cc1ccc(S(=O)(=O)n2c(C3=CCN(C(=O)O)CC3)cc3c(-c4cc(F)cc(NC(=O)c5ccc(C(C)(C)O)cc5F)c4C)ncnc32)cc1. The standard InChI is InChI=1S/C36H33F2N5O6S/c1-20-5-8-25(9-6-20)50(48,49)43-31(22-11-13-42(14-12-22)35(45)46)18-28-32(39-19-40-33(28)43)27-16-24(37)17-30(21(27)2)41-34(44)26-10-7-23(15-29(26)38)36(3,4)47/h5-11,15-19,47H,12-14H2,1-4H3,(H,41,44)(H,45,46). The molecule has 14 heteroatoms. The van der Waals surface area contributed by atoms with Crippen molar-refractivity contribution in [1.82, 2.24) is 18.8 Å². The van der Waals surface area contributed by atoms with Crippen molar-refractivity contribution in [3.63, 3.8) is 0 Å². The van der Waals surface area contributed by atoms with E-state index in [0.29, 0.717) is 11.1 Å². The van der Waals surface area contributed by atoms with Gasteiger partial charge in [-0.2, -0.15) is 0 Å². The zero-order valence-electron chi connectivity index (χ0n) is 27.5. The second-order valence-corrected chi connectivity index (χ2v) is 14.4.